The number of anilines is 1. The quantitative estimate of drug-likeness (QED) is 0.705. The van der Waals surface area contributed by atoms with Crippen molar-refractivity contribution in [2.45, 2.75) is 40.2 Å². The van der Waals surface area contributed by atoms with E-state index in [9.17, 15) is 9.59 Å². The molecule has 0 radical (unpaired) electrons. The number of amides is 1. The van der Waals surface area contributed by atoms with Crippen LogP contribution < -0.4 is 5.32 Å². The fourth-order valence-corrected chi connectivity index (χ4v) is 2.53. The van der Waals surface area contributed by atoms with E-state index in [2.05, 4.69) is 21.2 Å². The summed E-state index contributed by atoms with van der Waals surface area (Å²) in [6.07, 6.45) is -0.368. The monoisotopic (exact) mass is 414 g/mol. The Kier molecular flexibility index (Phi) is 7.73. The average molecular weight is 415 g/mol. The van der Waals surface area contributed by atoms with E-state index in [4.69, 9.17) is 9.47 Å². The SMILES string of the molecule is CCOC(=O)c1cc(Br)cc(NCCN(C)C(=O)OC(C)(C)C)c1C. The second-order valence-corrected chi connectivity index (χ2v) is 7.59. The van der Waals surface area contributed by atoms with Crippen LogP contribution in [-0.2, 0) is 9.47 Å². The number of likely N-dealkylation sites (N-methyl/N-ethyl adjacent to an activating group) is 1. The Bertz CT molecular complexity index is 626. The molecule has 1 amide bonds. The van der Waals surface area contributed by atoms with Gasteiger partial charge in [0, 0.05) is 30.3 Å². The van der Waals surface area contributed by atoms with E-state index >= 15 is 0 Å². The largest absolute Gasteiger partial charge is 0.462 e. The van der Waals surface area contributed by atoms with Crippen molar-refractivity contribution in [3.63, 3.8) is 0 Å². The van der Waals surface area contributed by atoms with E-state index in [0.29, 0.717) is 25.3 Å². The second kappa shape index (κ2) is 9.08. The number of hydrogen-bond donors (Lipinski definition) is 1. The van der Waals surface area contributed by atoms with Gasteiger partial charge in [0.25, 0.3) is 0 Å². The molecule has 0 bridgehead atoms. The lowest BCUT2D eigenvalue weighted by Gasteiger charge is -2.25. The molecular formula is C18H27BrN2O4. The molecule has 0 spiro atoms. The number of carbonyl (C=O) groups is 2. The van der Waals surface area contributed by atoms with Crippen molar-refractivity contribution in [3.8, 4) is 0 Å². The summed E-state index contributed by atoms with van der Waals surface area (Å²) in [5.74, 6) is -0.352. The van der Waals surface area contributed by atoms with Crippen molar-refractivity contribution >= 4 is 33.7 Å². The third-order valence-corrected chi connectivity index (χ3v) is 3.79. The first-order chi connectivity index (χ1) is 11.5. The van der Waals surface area contributed by atoms with Gasteiger partial charge in [0.1, 0.15) is 5.60 Å². The van der Waals surface area contributed by atoms with Gasteiger partial charge in [0.05, 0.1) is 12.2 Å². The summed E-state index contributed by atoms with van der Waals surface area (Å²) in [5.41, 5.74) is 1.62. The molecule has 0 aliphatic rings. The molecule has 0 aliphatic heterocycles. The second-order valence-electron chi connectivity index (χ2n) is 6.68. The third-order valence-electron chi connectivity index (χ3n) is 3.34. The summed E-state index contributed by atoms with van der Waals surface area (Å²) >= 11 is 3.41. The first-order valence-corrected chi connectivity index (χ1v) is 8.99. The molecule has 7 heteroatoms. The smallest absolute Gasteiger partial charge is 0.410 e. The van der Waals surface area contributed by atoms with Crippen molar-refractivity contribution in [3.05, 3.63) is 27.7 Å². The highest BCUT2D eigenvalue weighted by Gasteiger charge is 2.19. The molecule has 25 heavy (non-hydrogen) atoms. The maximum atomic E-state index is 12.0. The van der Waals surface area contributed by atoms with E-state index in [1.165, 1.54) is 4.90 Å². The van der Waals surface area contributed by atoms with E-state index in [1.54, 1.807) is 20.0 Å². The first-order valence-electron chi connectivity index (χ1n) is 8.20. The minimum Gasteiger partial charge on any atom is -0.462 e. The molecule has 1 N–H and O–H groups in total. The van der Waals surface area contributed by atoms with Crippen molar-refractivity contribution in [1.82, 2.24) is 4.90 Å². The number of esters is 1. The number of hydrogen-bond acceptors (Lipinski definition) is 5. The number of benzene rings is 1. The molecule has 1 aromatic carbocycles. The summed E-state index contributed by atoms with van der Waals surface area (Å²) in [6.45, 7) is 10.4. The van der Waals surface area contributed by atoms with E-state index in [-0.39, 0.29) is 12.1 Å². The van der Waals surface area contributed by atoms with Crippen LogP contribution in [0, 0.1) is 6.92 Å². The number of nitrogens with zero attached hydrogens (tertiary/aromatic N) is 1. The molecule has 140 valence electrons. The zero-order valence-corrected chi connectivity index (χ0v) is 17.3. The van der Waals surface area contributed by atoms with Gasteiger partial charge in [-0.15, -0.1) is 0 Å². The van der Waals surface area contributed by atoms with Crippen LogP contribution in [0.25, 0.3) is 0 Å². The van der Waals surface area contributed by atoms with Crippen LogP contribution in [0.5, 0.6) is 0 Å². The Balaban J connectivity index is 2.71. The predicted molar refractivity (Wildman–Crippen MR) is 102 cm³/mol. The Morgan fingerprint density at radius 2 is 1.92 bits per heavy atom. The van der Waals surface area contributed by atoms with Crippen LogP contribution >= 0.6 is 15.9 Å². The molecule has 1 aromatic rings. The van der Waals surface area contributed by atoms with E-state index in [1.807, 2.05) is 33.8 Å². The van der Waals surface area contributed by atoms with Crippen molar-refractivity contribution in [2.24, 2.45) is 0 Å². The minimum absolute atomic E-state index is 0.328. The highest BCUT2D eigenvalue weighted by atomic mass is 79.9. The maximum Gasteiger partial charge on any atom is 0.410 e. The lowest BCUT2D eigenvalue weighted by molar-refractivity contribution is 0.0305. The highest BCUT2D eigenvalue weighted by molar-refractivity contribution is 9.10. The van der Waals surface area contributed by atoms with Crippen molar-refractivity contribution in [1.29, 1.82) is 0 Å². The highest BCUT2D eigenvalue weighted by Crippen LogP contribution is 2.25. The van der Waals surface area contributed by atoms with Crippen molar-refractivity contribution in [2.75, 3.05) is 32.1 Å². The van der Waals surface area contributed by atoms with Crippen LogP contribution in [0.2, 0.25) is 0 Å². The number of rotatable bonds is 6. The van der Waals surface area contributed by atoms with Crippen LogP contribution in [0.1, 0.15) is 43.6 Å². The first kappa shape index (κ1) is 21.3. The lowest BCUT2D eigenvalue weighted by atomic mass is 10.1. The molecule has 0 unspecified atom stereocenters. The maximum absolute atomic E-state index is 12.0. The normalized spacial score (nSPS) is 11.0. The summed E-state index contributed by atoms with van der Waals surface area (Å²) in [5, 5.41) is 3.25. The van der Waals surface area contributed by atoms with Crippen molar-refractivity contribution < 1.29 is 19.1 Å². The molecule has 0 aromatic heterocycles. The summed E-state index contributed by atoms with van der Waals surface area (Å²) < 4.78 is 11.2. The molecule has 6 nitrogen and oxygen atoms in total. The summed E-state index contributed by atoms with van der Waals surface area (Å²) in [7, 11) is 1.69. The van der Waals surface area contributed by atoms with Crippen LogP contribution in [0.15, 0.2) is 16.6 Å². The Morgan fingerprint density at radius 1 is 1.28 bits per heavy atom. The molecule has 0 saturated heterocycles. The van der Waals surface area contributed by atoms with Gasteiger partial charge in [-0.25, -0.2) is 9.59 Å². The summed E-state index contributed by atoms with van der Waals surface area (Å²) in [4.78, 5) is 25.5. The molecular weight excluding hydrogens is 388 g/mol. The van der Waals surface area contributed by atoms with Gasteiger partial charge in [-0.3, -0.25) is 0 Å². The number of nitrogens with one attached hydrogen (secondary N) is 1. The van der Waals surface area contributed by atoms with Crippen LogP contribution in [0.4, 0.5) is 10.5 Å². The standard InChI is InChI=1S/C18H27BrN2O4/c1-7-24-16(22)14-10-13(19)11-15(12(14)2)20-8-9-21(6)17(23)25-18(3,4)5/h10-11,20H,7-9H2,1-6H3. The molecule has 0 heterocycles. The van der Waals surface area contributed by atoms with Gasteiger partial charge in [0.2, 0.25) is 0 Å². The number of halogens is 1. The fraction of sp³-hybridized carbons (Fsp3) is 0.556. The lowest BCUT2D eigenvalue weighted by Crippen LogP contribution is -2.36. The number of carbonyl (C=O) groups excluding carboxylic acids is 2. The number of ether oxygens (including phenoxy) is 2. The van der Waals surface area contributed by atoms with Gasteiger partial charge in [0.15, 0.2) is 0 Å². The minimum atomic E-state index is -0.520. The average Bonchev–Trinajstić information content (AvgIpc) is 2.48. The van der Waals surface area contributed by atoms with Crippen LogP contribution in [-0.4, -0.2) is 49.3 Å². The van der Waals surface area contributed by atoms with Gasteiger partial charge in [-0.1, -0.05) is 15.9 Å². The van der Waals surface area contributed by atoms with E-state index < -0.39 is 5.60 Å². The summed E-state index contributed by atoms with van der Waals surface area (Å²) in [6, 6.07) is 3.64. The van der Waals surface area contributed by atoms with Gasteiger partial charge in [-0.05, 0) is 52.3 Å². The molecule has 0 atom stereocenters. The zero-order chi connectivity index (χ0) is 19.2. The third kappa shape index (κ3) is 6.94. The molecule has 1 rings (SSSR count). The van der Waals surface area contributed by atoms with Gasteiger partial charge >= 0.3 is 12.1 Å². The molecule has 0 fully saturated rings. The molecule has 0 saturated carbocycles. The Hall–Kier alpha value is -1.76. The zero-order valence-electron chi connectivity index (χ0n) is 15.7. The van der Waals surface area contributed by atoms with Gasteiger partial charge in [-0.2, -0.15) is 0 Å². The van der Waals surface area contributed by atoms with E-state index in [0.717, 1.165) is 15.7 Å². The predicted octanol–water partition coefficient (Wildman–Crippen LogP) is 4.21. The Morgan fingerprint density at radius 3 is 2.48 bits per heavy atom. The molecule has 0 aliphatic carbocycles. The van der Waals surface area contributed by atoms with Crippen LogP contribution in [0.3, 0.4) is 0 Å². The fourth-order valence-electron chi connectivity index (χ4n) is 2.07. The van der Waals surface area contributed by atoms with Gasteiger partial charge < -0.3 is 19.7 Å². The Labute approximate surface area is 158 Å². The topological polar surface area (TPSA) is 67.9 Å².